The third kappa shape index (κ3) is 11.5. The van der Waals surface area contributed by atoms with Crippen LogP contribution in [0.3, 0.4) is 0 Å². The van der Waals surface area contributed by atoms with E-state index in [9.17, 15) is 43.3 Å². The van der Waals surface area contributed by atoms with E-state index in [0.29, 0.717) is 28.0 Å². The lowest BCUT2D eigenvalue weighted by Gasteiger charge is -2.48. The van der Waals surface area contributed by atoms with Gasteiger partial charge in [-0.05, 0) is 103 Å². The zero-order valence-corrected chi connectivity index (χ0v) is 49.1. The van der Waals surface area contributed by atoms with Crippen molar-refractivity contribution in [3.8, 4) is 11.4 Å². The van der Waals surface area contributed by atoms with Crippen LogP contribution >= 0.6 is 23.2 Å². The lowest BCUT2D eigenvalue weighted by Crippen LogP contribution is -2.65. The minimum absolute atomic E-state index is 0.0312. The Balaban J connectivity index is 0.000000216. The highest BCUT2D eigenvalue weighted by molar-refractivity contribution is 6.30. The maximum Gasteiger partial charge on any atom is 0.410 e. The Morgan fingerprint density at radius 3 is 1.59 bits per heavy atom. The largest absolute Gasteiger partial charge is 0.467 e. The molecule has 1 N–H and O–H groups in total. The van der Waals surface area contributed by atoms with Crippen molar-refractivity contribution < 1.29 is 47.1 Å². The van der Waals surface area contributed by atoms with Crippen LogP contribution in [0.1, 0.15) is 106 Å². The van der Waals surface area contributed by atoms with E-state index in [-0.39, 0.29) is 77.3 Å². The number of halogens is 4. The second-order valence-corrected chi connectivity index (χ2v) is 23.7. The van der Waals surface area contributed by atoms with Crippen LogP contribution in [-0.2, 0) is 23.8 Å². The first-order chi connectivity index (χ1) is 38.3. The summed E-state index contributed by atoms with van der Waals surface area (Å²) >= 11 is 12.2. The predicted octanol–water partition coefficient (Wildman–Crippen LogP) is 10.3. The number of benzene rings is 2. The van der Waals surface area contributed by atoms with Crippen molar-refractivity contribution in [1.82, 2.24) is 28.9 Å². The van der Waals surface area contributed by atoms with Gasteiger partial charge < -0.3 is 39.1 Å². The van der Waals surface area contributed by atoms with Crippen molar-refractivity contribution in [3.63, 3.8) is 0 Å². The van der Waals surface area contributed by atoms with E-state index in [0.717, 1.165) is 23.3 Å². The molecule has 2 fully saturated rings. The summed E-state index contributed by atoms with van der Waals surface area (Å²) in [4.78, 5) is 107. The number of carbonyl (C=O) groups excluding carboxylic acids is 4. The first-order valence-corrected chi connectivity index (χ1v) is 27.2. The number of esters is 1. The minimum Gasteiger partial charge on any atom is -0.467 e. The van der Waals surface area contributed by atoms with Gasteiger partial charge in [0.15, 0.2) is 33.2 Å². The van der Waals surface area contributed by atoms with Crippen LogP contribution in [-0.4, -0.2) is 127 Å². The molecule has 0 saturated carbocycles. The normalized spacial score (nSPS) is 18.2. The van der Waals surface area contributed by atoms with Crippen LogP contribution in [0.15, 0.2) is 70.3 Å². The fourth-order valence-electron chi connectivity index (χ4n) is 10.5. The standard InChI is InChI=1S/C29H33ClFN5O7.C28H31ClFN5O4/c1-15(2)17-10-8-9-11-20(17)35-25-18(12-19(31)24(30)32-25)22(23(26(35)37)36(40)41)34-13-16(3)33(14-21(34)27(38)42-7)28(39)43-29(4,5)6;1-14(2)16-9-7-8-10-19(16)35-24-17(11-18(30)23(29)32-24)22-21(26(35)37)31-25(36)20-13-33(15(3)12-34(20)22)27(38)39-28(4,5)6/h8-12,15-16,21H,13-14H2,1-7H3;7-11,14-15,20H,12-13H2,1-6H3,(H,31,36)/t16-,21-;15-,20-/m11/s1. The SMILES string of the molecule is CC(C)c1ccccc1-n1c(=O)c2c(c3cc(F)c(Cl)nc31)N1C[C@@H](C)N(C(=O)OC(C)(C)C)C[C@@H]1C(=O)N2.COC(=O)[C@H]1CN(C(=O)OC(C)(C)C)[C@H](C)CN1c1c([N+](=O)[O-])c(=O)n(-c2ccccc2C(C)C)c2nc(Cl)c(F)cc12. The molecule has 0 spiro atoms. The molecule has 436 valence electrons. The fourth-order valence-corrected chi connectivity index (χ4v) is 10.8. The van der Waals surface area contributed by atoms with Gasteiger partial charge in [0.1, 0.15) is 34.7 Å². The molecule has 21 nitrogen and oxygen atoms in total. The van der Waals surface area contributed by atoms with Gasteiger partial charge in [-0.25, -0.2) is 33.1 Å². The predicted molar refractivity (Wildman–Crippen MR) is 307 cm³/mol. The lowest BCUT2D eigenvalue weighted by atomic mass is 9.99. The summed E-state index contributed by atoms with van der Waals surface area (Å²) in [5, 5.41) is 14.7. The summed E-state index contributed by atoms with van der Waals surface area (Å²) in [6, 6.07) is 13.2. The monoisotopic (exact) mass is 1170 g/mol. The summed E-state index contributed by atoms with van der Waals surface area (Å²) in [6.07, 6.45) is -1.23. The molecule has 7 heterocycles. The van der Waals surface area contributed by atoms with Crippen LogP contribution in [0.5, 0.6) is 0 Å². The molecule has 3 amide bonds. The molecule has 3 aliphatic rings. The van der Waals surface area contributed by atoms with Gasteiger partial charge >= 0.3 is 29.4 Å². The number of hydrogen-bond acceptors (Lipinski definition) is 15. The van der Waals surface area contributed by atoms with Gasteiger partial charge in [0, 0.05) is 30.6 Å². The minimum atomic E-state index is -1.31. The van der Waals surface area contributed by atoms with Gasteiger partial charge in [0.2, 0.25) is 5.91 Å². The molecule has 3 aliphatic heterocycles. The average molecular weight is 1170 g/mol. The van der Waals surface area contributed by atoms with E-state index in [4.69, 9.17) is 37.4 Å². The van der Waals surface area contributed by atoms with E-state index in [1.165, 1.54) is 25.3 Å². The molecule has 4 atom stereocenters. The van der Waals surface area contributed by atoms with Crippen LogP contribution < -0.4 is 26.2 Å². The van der Waals surface area contributed by atoms with Crippen LogP contribution in [0.4, 0.5) is 41.1 Å². The maximum absolute atomic E-state index is 15.1. The molecule has 2 saturated heterocycles. The molecule has 2 aromatic carbocycles. The molecule has 0 unspecified atom stereocenters. The number of amides is 3. The number of nitrogens with zero attached hydrogens (tertiary/aromatic N) is 9. The zero-order chi connectivity index (χ0) is 60.3. The topological polar surface area (TPSA) is 234 Å². The molecule has 0 bridgehead atoms. The van der Waals surface area contributed by atoms with Crippen molar-refractivity contribution in [2.75, 3.05) is 48.4 Å². The zero-order valence-electron chi connectivity index (χ0n) is 47.6. The Hall–Kier alpha value is -7.92. The number of pyridine rings is 4. The van der Waals surface area contributed by atoms with Gasteiger partial charge in [-0.3, -0.25) is 33.6 Å². The van der Waals surface area contributed by atoms with Crippen LogP contribution in [0, 0.1) is 21.7 Å². The second-order valence-electron chi connectivity index (χ2n) is 23.0. The van der Waals surface area contributed by atoms with Crippen LogP contribution in [0.2, 0.25) is 10.3 Å². The highest BCUT2D eigenvalue weighted by Gasteiger charge is 2.47. The highest BCUT2D eigenvalue weighted by atomic mass is 35.5. The highest BCUT2D eigenvalue weighted by Crippen LogP contribution is 2.42. The number of hydrogen-bond donors (Lipinski definition) is 1. The van der Waals surface area contributed by atoms with Crippen LogP contribution in [0.25, 0.3) is 33.4 Å². The summed E-state index contributed by atoms with van der Waals surface area (Å²) in [5.41, 5.74) is -1.47. The Bertz CT molecular complexity index is 3710. The number of ether oxygens (including phenoxy) is 3. The van der Waals surface area contributed by atoms with Crippen molar-refractivity contribution in [1.29, 1.82) is 0 Å². The van der Waals surface area contributed by atoms with Gasteiger partial charge in [0.25, 0.3) is 5.56 Å². The van der Waals surface area contributed by atoms with E-state index in [1.807, 2.05) is 46.8 Å². The van der Waals surface area contributed by atoms with E-state index >= 15 is 4.39 Å². The molecule has 6 aromatic rings. The molecular formula is C57H64Cl2F2N10O11. The molecule has 0 radical (unpaired) electrons. The quantitative estimate of drug-likeness (QED) is 0.0515. The number of nitro groups is 1. The van der Waals surface area contributed by atoms with Gasteiger partial charge in [-0.15, -0.1) is 0 Å². The van der Waals surface area contributed by atoms with Gasteiger partial charge in [-0.2, -0.15) is 0 Å². The maximum atomic E-state index is 15.1. The van der Waals surface area contributed by atoms with E-state index < -0.39 is 91.9 Å². The van der Waals surface area contributed by atoms with Crippen molar-refractivity contribution in [3.05, 3.63) is 125 Å². The molecule has 4 aromatic heterocycles. The Kier molecular flexibility index (Phi) is 16.7. The van der Waals surface area contributed by atoms with Crippen molar-refractivity contribution in [2.45, 2.75) is 130 Å². The first kappa shape index (κ1) is 60.2. The average Bonchev–Trinajstić information content (AvgIpc) is 2.25. The number of rotatable bonds is 7. The first-order valence-electron chi connectivity index (χ1n) is 26.5. The number of aromatic nitrogens is 4. The number of anilines is 3. The number of piperazine rings is 2. The molecular weight excluding hydrogens is 1110 g/mol. The summed E-state index contributed by atoms with van der Waals surface area (Å²) in [7, 11) is 1.13. The van der Waals surface area contributed by atoms with Gasteiger partial charge in [-0.1, -0.05) is 87.3 Å². The lowest BCUT2D eigenvalue weighted by molar-refractivity contribution is -0.385. The van der Waals surface area contributed by atoms with E-state index in [2.05, 4.69) is 15.3 Å². The number of para-hydroxylation sites is 2. The summed E-state index contributed by atoms with van der Waals surface area (Å²) in [5.74, 6) is -3.04. The fraction of sp³-hybridized carbons (Fsp3) is 0.439. The van der Waals surface area contributed by atoms with Crippen molar-refractivity contribution >= 4 is 92.1 Å². The molecule has 0 aliphatic carbocycles. The Morgan fingerprint density at radius 2 is 1.13 bits per heavy atom. The Morgan fingerprint density at radius 1 is 0.695 bits per heavy atom. The number of carbonyl (C=O) groups is 4. The number of nitrogens with one attached hydrogen (secondary N) is 1. The van der Waals surface area contributed by atoms with Crippen molar-refractivity contribution in [2.24, 2.45) is 0 Å². The number of methoxy groups -OCH3 is 1. The molecule has 82 heavy (non-hydrogen) atoms. The molecule has 9 rings (SSSR count). The third-order valence-corrected chi connectivity index (χ3v) is 14.7. The second kappa shape index (κ2) is 22.8. The summed E-state index contributed by atoms with van der Waals surface area (Å²) in [6.45, 7) is 21.5. The van der Waals surface area contributed by atoms with Gasteiger partial charge in [0.05, 0.1) is 47.6 Å². The third-order valence-electron chi connectivity index (χ3n) is 14.2. The van der Waals surface area contributed by atoms with E-state index in [1.54, 1.807) is 89.8 Å². The smallest absolute Gasteiger partial charge is 0.410 e. The molecule has 25 heteroatoms. The summed E-state index contributed by atoms with van der Waals surface area (Å²) < 4.78 is 48.5. The Labute approximate surface area is 480 Å². The number of fused-ring (bicyclic) bond motifs is 6.